The fourth-order valence-electron chi connectivity index (χ4n) is 4.99. The highest BCUT2D eigenvalue weighted by Gasteiger charge is 2.53. The van der Waals surface area contributed by atoms with Crippen molar-refractivity contribution in [3.05, 3.63) is 108 Å². The molecule has 0 aliphatic carbocycles. The third kappa shape index (κ3) is 4.29. The molecule has 0 radical (unpaired) electrons. The van der Waals surface area contributed by atoms with Crippen LogP contribution in [-0.2, 0) is 15.1 Å². The second-order valence-corrected chi connectivity index (χ2v) is 9.49. The van der Waals surface area contributed by atoms with Gasteiger partial charge in [0.05, 0.1) is 17.6 Å². The van der Waals surface area contributed by atoms with Gasteiger partial charge in [-0.1, -0.05) is 91.0 Å². The zero-order valence-corrected chi connectivity index (χ0v) is 19.4. The Morgan fingerprint density at radius 3 is 1.61 bits per heavy atom. The summed E-state index contributed by atoms with van der Waals surface area (Å²) in [6.07, 6.45) is 1.18. The van der Waals surface area contributed by atoms with E-state index in [4.69, 9.17) is 4.74 Å². The largest absolute Gasteiger partial charge is 0.459 e. The van der Waals surface area contributed by atoms with Crippen LogP contribution in [0.25, 0.3) is 0 Å². The molecule has 0 spiro atoms. The molecule has 0 amide bonds. The molecule has 0 saturated carbocycles. The van der Waals surface area contributed by atoms with Gasteiger partial charge in [-0.2, -0.15) is 5.26 Å². The van der Waals surface area contributed by atoms with Gasteiger partial charge in [0.15, 0.2) is 0 Å². The van der Waals surface area contributed by atoms with E-state index in [1.165, 1.54) is 0 Å². The minimum atomic E-state index is -0.831. The minimum absolute atomic E-state index is 0.285. The smallest absolute Gasteiger partial charge is 0.323 e. The van der Waals surface area contributed by atoms with E-state index in [-0.39, 0.29) is 5.97 Å². The Bertz CT molecular complexity index is 1020. The first kappa shape index (κ1) is 22.8. The lowest BCUT2D eigenvalue weighted by molar-refractivity contribution is -0.162. The van der Waals surface area contributed by atoms with Crippen molar-refractivity contribution in [2.24, 2.45) is 0 Å². The van der Waals surface area contributed by atoms with Gasteiger partial charge in [-0.05, 0) is 50.3 Å². The van der Waals surface area contributed by atoms with Crippen LogP contribution in [0.4, 0.5) is 0 Å². The molecule has 0 aromatic heterocycles. The Balaban J connectivity index is 2.03. The average Bonchev–Trinajstić information content (AvgIpc) is 3.25. The summed E-state index contributed by atoms with van der Waals surface area (Å²) < 4.78 is 5.86. The number of benzene rings is 3. The van der Waals surface area contributed by atoms with Gasteiger partial charge in [0.1, 0.15) is 11.6 Å². The van der Waals surface area contributed by atoms with E-state index in [0.29, 0.717) is 12.8 Å². The van der Waals surface area contributed by atoms with Crippen molar-refractivity contribution in [3.8, 4) is 6.07 Å². The number of nitriles is 1. The van der Waals surface area contributed by atoms with Crippen LogP contribution in [0.15, 0.2) is 91.0 Å². The first-order chi connectivity index (χ1) is 15.9. The van der Waals surface area contributed by atoms with Crippen LogP contribution in [0.2, 0.25) is 0 Å². The maximum Gasteiger partial charge on any atom is 0.323 e. The standard InChI is InChI=1S/C29H30N2O2/c1-28(2,3)33-27(32)26-20-19-25(21-30)31(26)29(22-13-7-4-8-14-22,23-15-9-5-10-16-23)24-17-11-6-12-18-24/h4-18,25-26H,19-20H2,1-3H3. The number of ether oxygens (including phenoxy) is 1. The fraction of sp³-hybridized carbons (Fsp3) is 0.310. The highest BCUT2D eigenvalue weighted by Crippen LogP contribution is 2.48. The monoisotopic (exact) mass is 438 g/mol. The zero-order chi connectivity index (χ0) is 23.5. The first-order valence-electron chi connectivity index (χ1n) is 11.5. The van der Waals surface area contributed by atoms with Crippen LogP contribution in [0, 0.1) is 11.3 Å². The van der Waals surface area contributed by atoms with Crippen molar-refractivity contribution in [3.63, 3.8) is 0 Å². The highest BCUT2D eigenvalue weighted by molar-refractivity contribution is 5.77. The Kier molecular flexibility index (Phi) is 6.35. The molecule has 4 heteroatoms. The lowest BCUT2D eigenvalue weighted by Gasteiger charge is -2.47. The molecule has 1 aliphatic rings. The van der Waals surface area contributed by atoms with E-state index >= 15 is 0 Å². The normalized spacial score (nSPS) is 19.1. The van der Waals surface area contributed by atoms with Gasteiger partial charge in [0.2, 0.25) is 0 Å². The summed E-state index contributed by atoms with van der Waals surface area (Å²) in [6.45, 7) is 5.64. The van der Waals surface area contributed by atoms with Crippen LogP contribution >= 0.6 is 0 Å². The van der Waals surface area contributed by atoms with E-state index in [0.717, 1.165) is 16.7 Å². The van der Waals surface area contributed by atoms with Crippen molar-refractivity contribution >= 4 is 5.97 Å². The Morgan fingerprint density at radius 2 is 1.24 bits per heavy atom. The van der Waals surface area contributed by atoms with Crippen molar-refractivity contribution in [1.29, 1.82) is 5.26 Å². The fourth-order valence-corrected chi connectivity index (χ4v) is 4.99. The van der Waals surface area contributed by atoms with E-state index in [9.17, 15) is 10.1 Å². The molecule has 2 unspecified atom stereocenters. The number of esters is 1. The van der Waals surface area contributed by atoms with Gasteiger partial charge in [0.25, 0.3) is 0 Å². The summed E-state index contributed by atoms with van der Waals surface area (Å²) in [5, 5.41) is 10.2. The molecule has 1 fully saturated rings. The van der Waals surface area contributed by atoms with Crippen molar-refractivity contribution in [1.82, 2.24) is 4.90 Å². The van der Waals surface area contributed by atoms with Crippen LogP contribution in [-0.4, -0.2) is 28.6 Å². The number of hydrogen-bond donors (Lipinski definition) is 0. The first-order valence-corrected chi connectivity index (χ1v) is 11.5. The minimum Gasteiger partial charge on any atom is -0.459 e. The molecule has 4 nitrogen and oxygen atoms in total. The van der Waals surface area contributed by atoms with Crippen LogP contribution in [0.3, 0.4) is 0 Å². The summed E-state index contributed by atoms with van der Waals surface area (Å²) in [7, 11) is 0. The molecule has 3 aromatic carbocycles. The highest BCUT2D eigenvalue weighted by atomic mass is 16.6. The second kappa shape index (κ2) is 9.21. The van der Waals surface area contributed by atoms with Crippen molar-refractivity contribution < 1.29 is 9.53 Å². The molecule has 2 atom stereocenters. The quantitative estimate of drug-likeness (QED) is 0.380. The number of carbonyl (C=O) groups excluding carboxylic acids is 1. The van der Waals surface area contributed by atoms with Gasteiger partial charge in [-0.3, -0.25) is 9.69 Å². The SMILES string of the molecule is CC(C)(C)OC(=O)C1CCC(C#N)N1C(c1ccccc1)(c1ccccc1)c1ccccc1. The Hall–Kier alpha value is -3.42. The van der Waals surface area contributed by atoms with Gasteiger partial charge in [-0.15, -0.1) is 0 Å². The van der Waals surface area contributed by atoms with Crippen LogP contribution < -0.4 is 0 Å². The lowest BCUT2D eigenvalue weighted by atomic mass is 9.74. The number of nitrogens with zero attached hydrogens (tertiary/aromatic N) is 2. The summed E-state index contributed by atoms with van der Waals surface area (Å²) in [4.78, 5) is 15.6. The summed E-state index contributed by atoms with van der Waals surface area (Å²) in [5.41, 5.74) is 1.60. The zero-order valence-electron chi connectivity index (χ0n) is 19.4. The number of likely N-dealkylation sites (tertiary alicyclic amines) is 1. The van der Waals surface area contributed by atoms with Gasteiger partial charge >= 0.3 is 5.97 Å². The van der Waals surface area contributed by atoms with Crippen LogP contribution in [0.5, 0.6) is 0 Å². The molecule has 1 heterocycles. The van der Waals surface area contributed by atoms with Gasteiger partial charge in [-0.25, -0.2) is 0 Å². The molecular weight excluding hydrogens is 408 g/mol. The molecule has 0 N–H and O–H groups in total. The molecule has 3 aromatic rings. The molecule has 33 heavy (non-hydrogen) atoms. The maximum absolute atomic E-state index is 13.5. The predicted molar refractivity (Wildman–Crippen MR) is 129 cm³/mol. The number of hydrogen-bond acceptors (Lipinski definition) is 4. The maximum atomic E-state index is 13.5. The Labute approximate surface area is 196 Å². The molecule has 0 bridgehead atoms. The molecule has 1 saturated heterocycles. The third-order valence-electron chi connectivity index (χ3n) is 6.17. The summed E-state index contributed by atoms with van der Waals surface area (Å²) in [5.74, 6) is -0.285. The topological polar surface area (TPSA) is 53.3 Å². The third-order valence-corrected chi connectivity index (χ3v) is 6.17. The summed E-state index contributed by atoms with van der Waals surface area (Å²) in [6, 6.07) is 32.0. The second-order valence-electron chi connectivity index (χ2n) is 9.49. The van der Waals surface area contributed by atoms with E-state index < -0.39 is 23.2 Å². The molecule has 4 rings (SSSR count). The van der Waals surface area contributed by atoms with Gasteiger partial charge < -0.3 is 4.74 Å². The van der Waals surface area contributed by atoms with E-state index in [2.05, 4.69) is 47.4 Å². The van der Waals surface area contributed by atoms with E-state index in [1.54, 1.807) is 0 Å². The average molecular weight is 439 g/mol. The van der Waals surface area contributed by atoms with Crippen molar-refractivity contribution in [2.45, 2.75) is 56.8 Å². The van der Waals surface area contributed by atoms with E-state index in [1.807, 2.05) is 75.4 Å². The molecule has 168 valence electrons. The molecular formula is C29H30N2O2. The Morgan fingerprint density at radius 1 is 0.818 bits per heavy atom. The van der Waals surface area contributed by atoms with Crippen molar-refractivity contribution in [2.75, 3.05) is 0 Å². The summed E-state index contributed by atoms with van der Waals surface area (Å²) >= 11 is 0. The van der Waals surface area contributed by atoms with Crippen LogP contribution in [0.1, 0.15) is 50.3 Å². The lowest BCUT2D eigenvalue weighted by Crippen LogP contribution is -2.56. The van der Waals surface area contributed by atoms with Gasteiger partial charge in [0, 0.05) is 0 Å². The number of carbonyl (C=O) groups is 1. The molecule has 1 aliphatic heterocycles. The number of rotatable bonds is 5. The predicted octanol–water partition coefficient (Wildman–Crippen LogP) is 5.68.